The standard InChI is InChI=1S/C15H15N5/c1-4-13(14-7-5-6-12(3)16-14)10-11(2)8-9-15-17-19-20-18-15/h4-10H,1-2H2,3H3,(H,17,18,19,20)/b9-8+,13-10+. The normalized spacial score (nSPS) is 11.8. The van der Waals surface area contributed by atoms with Crippen LogP contribution >= 0.6 is 0 Å². The van der Waals surface area contributed by atoms with E-state index in [1.807, 2.05) is 37.3 Å². The highest BCUT2D eigenvalue weighted by molar-refractivity contribution is 5.74. The van der Waals surface area contributed by atoms with Gasteiger partial charge in [-0.3, -0.25) is 4.98 Å². The van der Waals surface area contributed by atoms with Crippen LogP contribution in [0.25, 0.3) is 11.6 Å². The van der Waals surface area contributed by atoms with Gasteiger partial charge in [-0.05, 0) is 42.0 Å². The second-order valence-corrected chi connectivity index (χ2v) is 4.15. The minimum Gasteiger partial charge on any atom is -0.253 e. The summed E-state index contributed by atoms with van der Waals surface area (Å²) in [7, 11) is 0. The first-order valence-corrected chi connectivity index (χ1v) is 6.07. The minimum atomic E-state index is 0.508. The van der Waals surface area contributed by atoms with E-state index in [1.165, 1.54) is 0 Å². The van der Waals surface area contributed by atoms with Gasteiger partial charge in [0.05, 0.1) is 5.69 Å². The number of nitrogens with one attached hydrogen (secondary N) is 1. The molecule has 1 N–H and O–H groups in total. The fourth-order valence-electron chi connectivity index (χ4n) is 1.61. The van der Waals surface area contributed by atoms with E-state index in [-0.39, 0.29) is 0 Å². The molecule has 2 aromatic rings. The van der Waals surface area contributed by atoms with Crippen molar-refractivity contribution in [2.45, 2.75) is 6.92 Å². The number of pyridine rings is 1. The summed E-state index contributed by atoms with van der Waals surface area (Å²) in [6, 6.07) is 5.86. The SMILES string of the molecule is C=C/C(=C\C(=C)/C=C/c1nn[nH]n1)c1cccc(C)n1. The first-order valence-electron chi connectivity index (χ1n) is 6.07. The van der Waals surface area contributed by atoms with E-state index in [9.17, 15) is 0 Å². The fourth-order valence-corrected chi connectivity index (χ4v) is 1.61. The van der Waals surface area contributed by atoms with Crippen LogP contribution in [0.3, 0.4) is 0 Å². The summed E-state index contributed by atoms with van der Waals surface area (Å²) < 4.78 is 0. The van der Waals surface area contributed by atoms with Crippen molar-refractivity contribution in [3.63, 3.8) is 0 Å². The van der Waals surface area contributed by atoms with Gasteiger partial charge in [-0.2, -0.15) is 5.21 Å². The number of hydrogen-bond acceptors (Lipinski definition) is 4. The quantitative estimate of drug-likeness (QED) is 0.844. The van der Waals surface area contributed by atoms with Crippen LogP contribution in [0.2, 0.25) is 0 Å². The van der Waals surface area contributed by atoms with E-state index in [1.54, 1.807) is 12.2 Å². The van der Waals surface area contributed by atoms with Crippen LogP contribution in [0.1, 0.15) is 17.2 Å². The Bertz CT molecular complexity index is 665. The largest absolute Gasteiger partial charge is 0.253 e. The minimum absolute atomic E-state index is 0.508. The highest BCUT2D eigenvalue weighted by Gasteiger charge is 1.99. The summed E-state index contributed by atoms with van der Waals surface area (Å²) in [5, 5.41) is 13.5. The lowest BCUT2D eigenvalue weighted by Crippen LogP contribution is -1.89. The van der Waals surface area contributed by atoms with Crippen molar-refractivity contribution in [2.24, 2.45) is 0 Å². The van der Waals surface area contributed by atoms with Crippen molar-refractivity contribution in [1.29, 1.82) is 0 Å². The van der Waals surface area contributed by atoms with Gasteiger partial charge in [-0.1, -0.05) is 31.4 Å². The van der Waals surface area contributed by atoms with Gasteiger partial charge in [0.1, 0.15) is 0 Å². The summed E-state index contributed by atoms with van der Waals surface area (Å²) in [6.07, 6.45) is 7.21. The number of allylic oxidation sites excluding steroid dienone is 5. The lowest BCUT2D eigenvalue weighted by molar-refractivity contribution is 0.881. The monoisotopic (exact) mass is 265 g/mol. The molecule has 2 heterocycles. The summed E-state index contributed by atoms with van der Waals surface area (Å²) >= 11 is 0. The van der Waals surface area contributed by atoms with Gasteiger partial charge in [0, 0.05) is 11.3 Å². The number of nitrogens with zero attached hydrogens (tertiary/aromatic N) is 4. The molecule has 0 saturated carbocycles. The van der Waals surface area contributed by atoms with Crippen LogP contribution in [0.4, 0.5) is 0 Å². The number of aromatic nitrogens is 5. The molecule has 0 radical (unpaired) electrons. The summed E-state index contributed by atoms with van der Waals surface area (Å²) in [6.45, 7) is 9.74. The van der Waals surface area contributed by atoms with E-state index in [4.69, 9.17) is 0 Å². The smallest absolute Gasteiger partial charge is 0.197 e. The van der Waals surface area contributed by atoms with Gasteiger partial charge in [-0.15, -0.1) is 10.2 Å². The molecule has 0 fully saturated rings. The third-order valence-corrected chi connectivity index (χ3v) is 2.55. The topological polar surface area (TPSA) is 67.3 Å². The Labute approximate surface area is 117 Å². The molecular formula is C15H15N5. The molecule has 0 atom stereocenters. The molecule has 5 heteroatoms. The van der Waals surface area contributed by atoms with Crippen molar-refractivity contribution >= 4 is 11.6 Å². The maximum absolute atomic E-state index is 4.46. The zero-order valence-corrected chi connectivity index (χ0v) is 11.2. The molecule has 0 aliphatic rings. The van der Waals surface area contributed by atoms with Crippen LogP contribution in [-0.4, -0.2) is 25.6 Å². The molecule has 100 valence electrons. The predicted octanol–water partition coefficient (Wildman–Crippen LogP) is 2.74. The zero-order valence-electron chi connectivity index (χ0n) is 11.2. The first kappa shape index (κ1) is 13.6. The number of aromatic amines is 1. The van der Waals surface area contributed by atoms with Crippen LogP contribution in [0.15, 0.2) is 55.2 Å². The highest BCUT2D eigenvalue weighted by atomic mass is 15.5. The van der Waals surface area contributed by atoms with Crippen molar-refractivity contribution in [3.8, 4) is 0 Å². The average molecular weight is 265 g/mol. The Balaban J connectivity index is 2.18. The number of tetrazole rings is 1. The van der Waals surface area contributed by atoms with Gasteiger partial charge in [-0.25, -0.2) is 0 Å². The fraction of sp³-hybridized carbons (Fsp3) is 0.0667. The van der Waals surface area contributed by atoms with Crippen LogP contribution in [0, 0.1) is 6.92 Å². The Morgan fingerprint density at radius 2 is 2.20 bits per heavy atom. The maximum Gasteiger partial charge on any atom is 0.197 e. The molecule has 0 aliphatic carbocycles. The maximum atomic E-state index is 4.46. The average Bonchev–Trinajstić information content (AvgIpc) is 2.96. The third kappa shape index (κ3) is 3.58. The molecule has 2 rings (SSSR count). The Morgan fingerprint density at radius 1 is 1.35 bits per heavy atom. The summed E-state index contributed by atoms with van der Waals surface area (Å²) in [4.78, 5) is 4.46. The molecule has 20 heavy (non-hydrogen) atoms. The van der Waals surface area contributed by atoms with Gasteiger partial charge in [0.15, 0.2) is 5.82 Å². The van der Waals surface area contributed by atoms with Crippen molar-refractivity contribution in [2.75, 3.05) is 0 Å². The number of rotatable bonds is 5. The lowest BCUT2D eigenvalue weighted by Gasteiger charge is -2.03. The van der Waals surface area contributed by atoms with Crippen molar-refractivity contribution < 1.29 is 0 Å². The van der Waals surface area contributed by atoms with E-state index in [0.717, 1.165) is 22.5 Å². The third-order valence-electron chi connectivity index (χ3n) is 2.55. The Hall–Kier alpha value is -2.82. The Morgan fingerprint density at radius 3 is 2.85 bits per heavy atom. The summed E-state index contributed by atoms with van der Waals surface area (Å²) in [5.74, 6) is 0.508. The van der Waals surface area contributed by atoms with Crippen LogP contribution in [-0.2, 0) is 0 Å². The lowest BCUT2D eigenvalue weighted by atomic mass is 10.1. The zero-order chi connectivity index (χ0) is 14.4. The van der Waals surface area contributed by atoms with Crippen molar-refractivity contribution in [1.82, 2.24) is 25.6 Å². The molecule has 0 saturated heterocycles. The van der Waals surface area contributed by atoms with Gasteiger partial charge in [0.25, 0.3) is 0 Å². The van der Waals surface area contributed by atoms with Crippen LogP contribution < -0.4 is 0 Å². The van der Waals surface area contributed by atoms with Gasteiger partial charge >= 0.3 is 0 Å². The number of aryl methyl sites for hydroxylation is 1. The molecule has 0 aliphatic heterocycles. The van der Waals surface area contributed by atoms with E-state index >= 15 is 0 Å². The Kier molecular flexibility index (Phi) is 4.34. The van der Waals surface area contributed by atoms with Gasteiger partial charge in [0.2, 0.25) is 0 Å². The van der Waals surface area contributed by atoms with Crippen molar-refractivity contribution in [3.05, 3.63) is 72.4 Å². The molecule has 5 nitrogen and oxygen atoms in total. The first-order chi connectivity index (χ1) is 9.69. The van der Waals surface area contributed by atoms with E-state index in [0.29, 0.717) is 5.82 Å². The summed E-state index contributed by atoms with van der Waals surface area (Å²) in [5.41, 5.74) is 3.54. The molecule has 2 aromatic heterocycles. The molecule has 0 aromatic carbocycles. The van der Waals surface area contributed by atoms with E-state index in [2.05, 4.69) is 38.8 Å². The predicted molar refractivity (Wildman–Crippen MR) is 79.5 cm³/mol. The molecule has 0 unspecified atom stereocenters. The molecule has 0 amide bonds. The molecular weight excluding hydrogens is 250 g/mol. The van der Waals surface area contributed by atoms with E-state index < -0.39 is 0 Å². The van der Waals surface area contributed by atoms with Crippen LogP contribution in [0.5, 0.6) is 0 Å². The number of H-pyrrole nitrogens is 1. The second kappa shape index (κ2) is 6.38. The highest BCUT2D eigenvalue weighted by Crippen LogP contribution is 2.16. The number of hydrogen-bond donors (Lipinski definition) is 1. The second-order valence-electron chi connectivity index (χ2n) is 4.15. The molecule has 0 bridgehead atoms. The van der Waals surface area contributed by atoms with Gasteiger partial charge < -0.3 is 0 Å². The molecule has 0 spiro atoms.